The summed E-state index contributed by atoms with van der Waals surface area (Å²) in [7, 11) is 0. The van der Waals surface area contributed by atoms with Gasteiger partial charge in [0.1, 0.15) is 28.5 Å². The number of aromatic nitrogens is 4. The number of nitrogens with zero attached hydrogens (tertiary/aromatic N) is 6. The molecule has 10 heteroatoms. The summed E-state index contributed by atoms with van der Waals surface area (Å²) in [4.78, 5) is 26.1. The molecule has 3 aromatic heterocycles. The van der Waals surface area contributed by atoms with Crippen LogP contribution in [0.25, 0.3) is 32.0 Å². The van der Waals surface area contributed by atoms with Crippen molar-refractivity contribution in [3.8, 4) is 22.7 Å². The molecule has 3 N–H and O–H groups in total. The lowest BCUT2D eigenvalue weighted by molar-refractivity contribution is 0.101. The van der Waals surface area contributed by atoms with Gasteiger partial charge in [0, 0.05) is 5.56 Å². The van der Waals surface area contributed by atoms with Crippen LogP contribution in [-0.2, 0) is 0 Å². The van der Waals surface area contributed by atoms with E-state index in [0.29, 0.717) is 16.1 Å². The van der Waals surface area contributed by atoms with Crippen molar-refractivity contribution in [2.24, 2.45) is 0 Å². The second-order valence-corrected chi connectivity index (χ2v) is 7.74. The van der Waals surface area contributed by atoms with E-state index in [0.717, 1.165) is 10.2 Å². The number of nitrogen functional groups attached to an aromatic ring is 1. The number of para-hydroxylation sites is 1. The number of carbonyl (C=O) groups is 1. The van der Waals surface area contributed by atoms with E-state index in [-0.39, 0.29) is 28.4 Å². The number of carbonyl (C=O) groups excluding carboxylic acids is 1. The molecule has 0 atom stereocenters. The third-order valence-electron chi connectivity index (χ3n) is 4.79. The van der Waals surface area contributed by atoms with E-state index in [2.05, 4.69) is 20.4 Å². The van der Waals surface area contributed by atoms with Crippen LogP contribution >= 0.6 is 11.3 Å². The van der Waals surface area contributed by atoms with Crippen LogP contribution in [0.15, 0.2) is 54.6 Å². The number of hydrogen-bond donors (Lipinski definition) is 2. The Labute approximate surface area is 185 Å². The minimum atomic E-state index is -0.422. The van der Waals surface area contributed by atoms with E-state index < -0.39 is 5.91 Å². The first-order valence-electron chi connectivity index (χ1n) is 9.35. The highest BCUT2D eigenvalue weighted by molar-refractivity contribution is 7.21. The molecular weight excluding hydrogens is 424 g/mol. The number of nitriles is 2. The Hall–Kier alpha value is -4.80. The van der Waals surface area contributed by atoms with Gasteiger partial charge < -0.3 is 5.73 Å². The number of amides is 1. The van der Waals surface area contributed by atoms with Gasteiger partial charge in [0.15, 0.2) is 17.0 Å². The summed E-state index contributed by atoms with van der Waals surface area (Å²) in [5, 5.41) is 19.4. The fourth-order valence-electron chi connectivity index (χ4n) is 3.31. The van der Waals surface area contributed by atoms with Gasteiger partial charge in [-0.25, -0.2) is 19.6 Å². The quantitative estimate of drug-likeness (QED) is 0.440. The predicted octanol–water partition coefficient (Wildman–Crippen LogP) is 3.42. The summed E-state index contributed by atoms with van der Waals surface area (Å²) in [5.74, 6) is -0.281. The van der Waals surface area contributed by atoms with Crippen LogP contribution in [0.2, 0.25) is 0 Å². The van der Waals surface area contributed by atoms with Crippen molar-refractivity contribution in [3.63, 3.8) is 0 Å². The molecule has 0 aliphatic heterocycles. The first kappa shape index (κ1) is 19.2. The SMILES string of the molecule is N#Cc1nc2c(-c3nc4ccccc4s3)c(N)n(NC(=O)c3ccccc3)c2nc1C#N. The van der Waals surface area contributed by atoms with Crippen LogP contribution in [0.5, 0.6) is 0 Å². The van der Waals surface area contributed by atoms with Crippen molar-refractivity contribution in [2.45, 2.75) is 0 Å². The number of nitrogens with two attached hydrogens (primary N) is 1. The maximum absolute atomic E-state index is 12.8. The van der Waals surface area contributed by atoms with E-state index in [9.17, 15) is 15.3 Å². The summed E-state index contributed by atoms with van der Waals surface area (Å²) >= 11 is 1.40. The van der Waals surface area contributed by atoms with Crippen LogP contribution in [0, 0.1) is 22.7 Å². The van der Waals surface area contributed by atoms with Gasteiger partial charge in [-0.15, -0.1) is 11.3 Å². The van der Waals surface area contributed by atoms with E-state index in [4.69, 9.17) is 5.73 Å². The van der Waals surface area contributed by atoms with Crippen molar-refractivity contribution in [2.75, 3.05) is 11.2 Å². The molecule has 0 bridgehead atoms. The Balaban J connectivity index is 1.76. The smallest absolute Gasteiger partial charge is 0.270 e. The van der Waals surface area contributed by atoms with Crippen molar-refractivity contribution < 1.29 is 4.79 Å². The molecule has 32 heavy (non-hydrogen) atoms. The molecule has 0 fully saturated rings. The molecule has 5 rings (SSSR count). The second-order valence-electron chi connectivity index (χ2n) is 6.71. The van der Waals surface area contributed by atoms with Crippen molar-refractivity contribution >= 4 is 44.4 Å². The van der Waals surface area contributed by atoms with E-state index in [1.54, 1.807) is 30.3 Å². The average Bonchev–Trinajstić information content (AvgIpc) is 3.36. The average molecular weight is 436 g/mol. The lowest BCUT2D eigenvalue weighted by Gasteiger charge is -2.09. The Bertz CT molecular complexity index is 1570. The maximum atomic E-state index is 12.8. The third-order valence-corrected chi connectivity index (χ3v) is 5.85. The zero-order valence-electron chi connectivity index (χ0n) is 16.3. The van der Waals surface area contributed by atoms with Crippen LogP contribution in [0.4, 0.5) is 5.82 Å². The molecule has 1 amide bonds. The van der Waals surface area contributed by atoms with Gasteiger partial charge in [0.25, 0.3) is 5.91 Å². The third kappa shape index (κ3) is 2.99. The zero-order valence-corrected chi connectivity index (χ0v) is 17.1. The highest BCUT2D eigenvalue weighted by Crippen LogP contribution is 2.39. The molecule has 0 saturated heterocycles. The number of anilines is 1. The minimum absolute atomic E-state index is 0.131. The molecule has 0 saturated carbocycles. The summed E-state index contributed by atoms with van der Waals surface area (Å²) in [6.45, 7) is 0. The van der Waals surface area contributed by atoms with Crippen LogP contribution in [0.1, 0.15) is 21.7 Å². The number of hydrogen-bond acceptors (Lipinski definition) is 8. The summed E-state index contributed by atoms with van der Waals surface area (Å²) in [6, 6.07) is 20.0. The topological polar surface area (TPSA) is 146 Å². The Morgan fingerprint density at radius 3 is 2.38 bits per heavy atom. The molecule has 0 unspecified atom stereocenters. The lowest BCUT2D eigenvalue weighted by Crippen LogP contribution is -2.24. The molecule has 0 radical (unpaired) electrons. The Morgan fingerprint density at radius 1 is 0.969 bits per heavy atom. The maximum Gasteiger partial charge on any atom is 0.270 e. The predicted molar refractivity (Wildman–Crippen MR) is 120 cm³/mol. The fraction of sp³-hybridized carbons (Fsp3) is 0. The normalized spacial score (nSPS) is 10.7. The largest absolute Gasteiger partial charge is 0.383 e. The van der Waals surface area contributed by atoms with Gasteiger partial charge in [-0.3, -0.25) is 10.2 Å². The van der Waals surface area contributed by atoms with Gasteiger partial charge in [-0.2, -0.15) is 10.5 Å². The molecule has 152 valence electrons. The molecule has 3 heterocycles. The van der Waals surface area contributed by atoms with Crippen molar-refractivity contribution in [1.82, 2.24) is 19.6 Å². The Kier molecular flexibility index (Phi) is 4.48. The summed E-state index contributed by atoms with van der Waals surface area (Å²) in [6.07, 6.45) is 0. The van der Waals surface area contributed by atoms with Gasteiger partial charge in [0.2, 0.25) is 0 Å². The van der Waals surface area contributed by atoms with Crippen molar-refractivity contribution in [1.29, 1.82) is 10.5 Å². The van der Waals surface area contributed by atoms with E-state index in [1.165, 1.54) is 16.0 Å². The van der Waals surface area contributed by atoms with Crippen LogP contribution < -0.4 is 11.2 Å². The molecular formula is C22H12N8OS. The van der Waals surface area contributed by atoms with E-state index in [1.807, 2.05) is 36.4 Å². The van der Waals surface area contributed by atoms with E-state index >= 15 is 0 Å². The van der Waals surface area contributed by atoms with Gasteiger partial charge >= 0.3 is 0 Å². The number of benzene rings is 2. The molecule has 5 aromatic rings. The molecule has 9 nitrogen and oxygen atoms in total. The second kappa shape index (κ2) is 7.47. The first-order chi connectivity index (χ1) is 15.6. The highest BCUT2D eigenvalue weighted by Gasteiger charge is 2.25. The lowest BCUT2D eigenvalue weighted by atomic mass is 10.2. The highest BCUT2D eigenvalue weighted by atomic mass is 32.1. The van der Waals surface area contributed by atoms with Crippen LogP contribution in [0.3, 0.4) is 0 Å². The number of rotatable bonds is 3. The summed E-state index contributed by atoms with van der Waals surface area (Å²) in [5.41, 5.74) is 10.9. The van der Waals surface area contributed by atoms with Crippen molar-refractivity contribution in [3.05, 3.63) is 71.5 Å². The zero-order chi connectivity index (χ0) is 22.2. The molecule has 0 spiro atoms. The molecule has 0 aliphatic rings. The minimum Gasteiger partial charge on any atom is -0.383 e. The first-order valence-corrected chi connectivity index (χ1v) is 10.2. The molecule has 0 aliphatic carbocycles. The van der Waals surface area contributed by atoms with Gasteiger partial charge in [0.05, 0.1) is 15.8 Å². The number of fused-ring (bicyclic) bond motifs is 2. The Morgan fingerprint density at radius 2 is 1.66 bits per heavy atom. The number of thiazole rings is 1. The van der Waals surface area contributed by atoms with Crippen LogP contribution in [-0.4, -0.2) is 25.5 Å². The summed E-state index contributed by atoms with van der Waals surface area (Å²) < 4.78 is 2.22. The van der Waals surface area contributed by atoms with Gasteiger partial charge in [-0.1, -0.05) is 30.3 Å². The number of nitrogens with one attached hydrogen (secondary N) is 1. The standard InChI is InChI=1S/C22H12N8OS/c23-10-14-15(11-24)27-20-18(26-14)17(22-28-13-8-4-5-9-16(13)32-22)19(25)30(20)29-21(31)12-6-2-1-3-7-12/h1-9H,25H2,(H,29,31). The fourth-order valence-corrected chi connectivity index (χ4v) is 4.33. The van der Waals surface area contributed by atoms with Gasteiger partial charge in [-0.05, 0) is 24.3 Å². The molecule has 2 aromatic carbocycles. The monoisotopic (exact) mass is 436 g/mol.